The number of carboxylic acid groups (broad SMARTS) is 4. The number of amides is 2. The van der Waals surface area contributed by atoms with E-state index in [0.717, 1.165) is 11.8 Å². The van der Waals surface area contributed by atoms with E-state index in [9.17, 15) is 28.8 Å². The first-order valence-electron chi connectivity index (χ1n) is 8.27. The minimum absolute atomic E-state index is 0.0235. The molecule has 0 radical (unpaired) electrons. The lowest BCUT2D eigenvalue weighted by Gasteiger charge is -2.19. The molecule has 164 valence electrons. The van der Waals surface area contributed by atoms with E-state index < -0.39 is 66.0 Å². The van der Waals surface area contributed by atoms with Gasteiger partial charge < -0.3 is 36.8 Å². The molecule has 29 heavy (non-hydrogen) atoms. The summed E-state index contributed by atoms with van der Waals surface area (Å²) in [5, 5.41) is 38.1. The molecule has 0 aliphatic rings. The fraction of sp³-hybridized carbons (Fsp3) is 0.600. The number of carbonyl (C=O) groups excluding carboxylic acids is 2. The van der Waals surface area contributed by atoms with Gasteiger partial charge in [-0.3, -0.25) is 28.8 Å². The Morgan fingerprint density at radius 1 is 0.897 bits per heavy atom. The highest BCUT2D eigenvalue weighted by molar-refractivity contribution is 8.00. The van der Waals surface area contributed by atoms with E-state index in [4.69, 9.17) is 26.2 Å². The predicted molar refractivity (Wildman–Crippen MR) is 98.2 cm³/mol. The summed E-state index contributed by atoms with van der Waals surface area (Å²) in [4.78, 5) is 67.0. The summed E-state index contributed by atoms with van der Waals surface area (Å²) >= 11 is 0.752. The Hall–Kier alpha value is -2.87. The first-order chi connectivity index (χ1) is 13.4. The number of carboxylic acids is 4. The van der Waals surface area contributed by atoms with Crippen molar-refractivity contribution in [1.29, 1.82) is 0 Å². The van der Waals surface area contributed by atoms with Crippen molar-refractivity contribution in [3.05, 3.63) is 0 Å². The second-order valence-electron chi connectivity index (χ2n) is 5.80. The third-order valence-electron chi connectivity index (χ3n) is 3.43. The molecule has 13 nitrogen and oxygen atoms in total. The van der Waals surface area contributed by atoms with Gasteiger partial charge in [0.1, 0.15) is 23.9 Å². The molecule has 0 heterocycles. The van der Waals surface area contributed by atoms with E-state index in [-0.39, 0.29) is 25.0 Å². The number of rotatable bonds is 15. The van der Waals surface area contributed by atoms with Crippen LogP contribution in [0.3, 0.4) is 0 Å². The van der Waals surface area contributed by atoms with E-state index in [2.05, 4.69) is 10.6 Å². The minimum Gasteiger partial charge on any atom is -0.481 e. The summed E-state index contributed by atoms with van der Waals surface area (Å²) < 4.78 is 0. The van der Waals surface area contributed by atoms with Gasteiger partial charge in [0.15, 0.2) is 0 Å². The molecule has 0 aromatic heterocycles. The zero-order valence-electron chi connectivity index (χ0n) is 15.2. The molecule has 0 fully saturated rings. The molecule has 0 spiro atoms. The van der Waals surface area contributed by atoms with Gasteiger partial charge in [-0.05, 0) is 18.6 Å². The highest BCUT2D eigenvalue weighted by Gasteiger charge is 2.25. The zero-order valence-corrected chi connectivity index (χ0v) is 16.0. The quantitative estimate of drug-likeness (QED) is 0.146. The van der Waals surface area contributed by atoms with Crippen molar-refractivity contribution >= 4 is 47.5 Å². The Morgan fingerprint density at radius 3 is 2.00 bits per heavy atom. The third kappa shape index (κ3) is 12.2. The normalized spacial score (nSPS) is 13.6. The maximum absolute atomic E-state index is 12.1. The molecule has 0 aliphatic carbocycles. The van der Waals surface area contributed by atoms with E-state index in [1.807, 2.05) is 0 Å². The molecule has 0 aliphatic heterocycles. The molecule has 3 atom stereocenters. The topological polar surface area (TPSA) is 233 Å². The van der Waals surface area contributed by atoms with Crippen LogP contribution >= 0.6 is 11.8 Å². The fourth-order valence-electron chi connectivity index (χ4n) is 1.94. The standard InChI is InChI=1S/C15H23N3O10S/c16-7(14(25)26)1-2-10(19)18-8(13(24)17-6-12(22)23)3-4-29-9(15(27)28)5-11(20)21/h7-9H,1-6,16H2,(H,17,24)(H,18,19)(H,20,21)(H,22,23)(H,25,26)(H,27,28)/t7-,8-,9?/m0/s1. The molecular weight excluding hydrogens is 414 g/mol. The SMILES string of the molecule is N[C@@H](CCC(=O)N[C@@H](CCSC(CC(=O)O)C(=O)O)C(=O)NCC(=O)O)C(=O)O. The monoisotopic (exact) mass is 437 g/mol. The summed E-state index contributed by atoms with van der Waals surface area (Å²) in [5.74, 6) is -6.86. The molecule has 2 amide bonds. The highest BCUT2D eigenvalue weighted by Crippen LogP contribution is 2.17. The average Bonchev–Trinajstić information content (AvgIpc) is 2.61. The molecule has 0 aromatic rings. The van der Waals surface area contributed by atoms with Gasteiger partial charge >= 0.3 is 23.9 Å². The lowest BCUT2D eigenvalue weighted by Crippen LogP contribution is -2.48. The van der Waals surface area contributed by atoms with Gasteiger partial charge in [-0.2, -0.15) is 0 Å². The van der Waals surface area contributed by atoms with Crippen LogP contribution in [0.4, 0.5) is 0 Å². The first kappa shape index (κ1) is 26.1. The van der Waals surface area contributed by atoms with E-state index in [0.29, 0.717) is 0 Å². The average molecular weight is 437 g/mol. The second kappa shape index (κ2) is 13.3. The van der Waals surface area contributed by atoms with Crippen LogP contribution in [0.25, 0.3) is 0 Å². The van der Waals surface area contributed by atoms with Crippen LogP contribution in [-0.4, -0.2) is 85.7 Å². The highest BCUT2D eigenvalue weighted by atomic mass is 32.2. The molecule has 0 rings (SSSR count). The molecule has 0 bridgehead atoms. The second-order valence-corrected chi connectivity index (χ2v) is 7.11. The van der Waals surface area contributed by atoms with Crippen molar-refractivity contribution in [2.45, 2.75) is 43.0 Å². The van der Waals surface area contributed by atoms with Crippen LogP contribution in [0, 0.1) is 0 Å². The van der Waals surface area contributed by atoms with Gasteiger partial charge in [0.05, 0.1) is 6.42 Å². The Kier molecular flexibility index (Phi) is 12.0. The summed E-state index contributed by atoms with van der Waals surface area (Å²) in [5.41, 5.74) is 5.29. The van der Waals surface area contributed by atoms with Gasteiger partial charge in [-0.1, -0.05) is 0 Å². The number of nitrogens with two attached hydrogens (primary N) is 1. The summed E-state index contributed by atoms with van der Waals surface area (Å²) in [6.07, 6.45) is -1.26. The van der Waals surface area contributed by atoms with Gasteiger partial charge in [0, 0.05) is 6.42 Å². The molecule has 0 saturated heterocycles. The van der Waals surface area contributed by atoms with Crippen molar-refractivity contribution in [2.24, 2.45) is 5.73 Å². The van der Waals surface area contributed by atoms with Crippen LogP contribution in [0.5, 0.6) is 0 Å². The van der Waals surface area contributed by atoms with E-state index >= 15 is 0 Å². The zero-order chi connectivity index (χ0) is 22.6. The fourth-order valence-corrected chi connectivity index (χ4v) is 2.99. The molecule has 1 unspecified atom stereocenters. The predicted octanol–water partition coefficient (Wildman–Crippen LogP) is -2.08. The Bertz CT molecular complexity index is 642. The smallest absolute Gasteiger partial charge is 0.322 e. The Balaban J connectivity index is 4.87. The summed E-state index contributed by atoms with van der Waals surface area (Å²) in [7, 11) is 0. The minimum atomic E-state index is -1.35. The maximum atomic E-state index is 12.1. The van der Waals surface area contributed by atoms with Crippen molar-refractivity contribution in [2.75, 3.05) is 12.3 Å². The maximum Gasteiger partial charge on any atom is 0.322 e. The van der Waals surface area contributed by atoms with Crippen LogP contribution in [0.15, 0.2) is 0 Å². The van der Waals surface area contributed by atoms with Crippen LogP contribution in [0.2, 0.25) is 0 Å². The molecule has 8 N–H and O–H groups in total. The van der Waals surface area contributed by atoms with Gasteiger partial charge in [0.2, 0.25) is 11.8 Å². The van der Waals surface area contributed by atoms with Crippen LogP contribution in [-0.2, 0) is 28.8 Å². The summed E-state index contributed by atoms with van der Waals surface area (Å²) in [6, 6.07) is -2.50. The Labute approximate surface area is 169 Å². The van der Waals surface area contributed by atoms with Crippen LogP contribution in [0.1, 0.15) is 25.7 Å². The van der Waals surface area contributed by atoms with Gasteiger partial charge in [-0.25, -0.2) is 0 Å². The molecular formula is C15H23N3O10S. The molecule has 0 aromatic carbocycles. The van der Waals surface area contributed by atoms with Crippen molar-refractivity contribution in [1.82, 2.24) is 10.6 Å². The van der Waals surface area contributed by atoms with E-state index in [1.165, 1.54) is 0 Å². The number of thioether (sulfide) groups is 1. The summed E-state index contributed by atoms with van der Waals surface area (Å²) in [6.45, 7) is -0.709. The van der Waals surface area contributed by atoms with E-state index in [1.54, 1.807) is 0 Å². The van der Waals surface area contributed by atoms with Gasteiger partial charge in [-0.15, -0.1) is 11.8 Å². The first-order valence-corrected chi connectivity index (χ1v) is 9.32. The lowest BCUT2D eigenvalue weighted by molar-refractivity contribution is -0.142. The molecule has 0 saturated carbocycles. The van der Waals surface area contributed by atoms with Crippen molar-refractivity contribution in [3.63, 3.8) is 0 Å². The number of carbonyl (C=O) groups is 6. The lowest BCUT2D eigenvalue weighted by atomic mass is 10.1. The van der Waals surface area contributed by atoms with Gasteiger partial charge in [0.25, 0.3) is 0 Å². The van der Waals surface area contributed by atoms with Crippen LogP contribution < -0.4 is 16.4 Å². The number of hydrogen-bond donors (Lipinski definition) is 7. The number of nitrogens with one attached hydrogen (secondary N) is 2. The number of hydrogen-bond acceptors (Lipinski definition) is 8. The third-order valence-corrected chi connectivity index (χ3v) is 4.67. The Morgan fingerprint density at radius 2 is 1.52 bits per heavy atom. The molecule has 14 heteroatoms. The van der Waals surface area contributed by atoms with Crippen molar-refractivity contribution in [3.8, 4) is 0 Å². The number of aliphatic carboxylic acids is 4. The van der Waals surface area contributed by atoms with Crippen molar-refractivity contribution < 1.29 is 49.2 Å². The largest absolute Gasteiger partial charge is 0.481 e.